The quantitative estimate of drug-likeness (QED) is 0.674. The lowest BCUT2D eigenvalue weighted by molar-refractivity contribution is 0.107. The first-order valence-electron chi connectivity index (χ1n) is 7.03. The van der Waals surface area contributed by atoms with Gasteiger partial charge in [0, 0.05) is 19.2 Å². The zero-order chi connectivity index (χ0) is 11.8. The smallest absolute Gasteiger partial charge is 0.0591 e. The van der Waals surface area contributed by atoms with Crippen molar-refractivity contribution in [3.05, 3.63) is 0 Å². The van der Waals surface area contributed by atoms with Gasteiger partial charge in [0.25, 0.3) is 0 Å². The standard InChI is InChI=1S/C14H29NO/c1-4-13-6-5-7-14(10-13)15-8-9-16-11-12(2)3/h12-15H,4-11H2,1-3H3. The van der Waals surface area contributed by atoms with E-state index in [1.807, 2.05) is 0 Å². The van der Waals surface area contributed by atoms with Crippen LogP contribution in [0.2, 0.25) is 0 Å². The van der Waals surface area contributed by atoms with E-state index in [0.717, 1.165) is 31.7 Å². The van der Waals surface area contributed by atoms with E-state index in [4.69, 9.17) is 4.74 Å². The molecule has 16 heavy (non-hydrogen) atoms. The van der Waals surface area contributed by atoms with Crippen LogP contribution < -0.4 is 5.32 Å². The van der Waals surface area contributed by atoms with E-state index >= 15 is 0 Å². The van der Waals surface area contributed by atoms with E-state index in [1.54, 1.807) is 0 Å². The van der Waals surface area contributed by atoms with Crippen molar-refractivity contribution in [2.45, 2.75) is 58.9 Å². The Labute approximate surface area is 101 Å². The Balaban J connectivity index is 1.99. The fourth-order valence-corrected chi connectivity index (χ4v) is 2.50. The average Bonchev–Trinajstić information content (AvgIpc) is 2.28. The molecule has 0 radical (unpaired) electrons. The van der Waals surface area contributed by atoms with Crippen LogP contribution in [0.15, 0.2) is 0 Å². The largest absolute Gasteiger partial charge is 0.380 e. The third-order valence-corrected chi connectivity index (χ3v) is 3.49. The van der Waals surface area contributed by atoms with Crippen molar-refractivity contribution < 1.29 is 4.74 Å². The summed E-state index contributed by atoms with van der Waals surface area (Å²) < 4.78 is 5.58. The van der Waals surface area contributed by atoms with Crippen LogP contribution in [0.5, 0.6) is 0 Å². The summed E-state index contributed by atoms with van der Waals surface area (Å²) in [5.41, 5.74) is 0. The van der Waals surface area contributed by atoms with E-state index in [2.05, 4.69) is 26.1 Å². The van der Waals surface area contributed by atoms with Crippen LogP contribution in [-0.2, 0) is 4.74 Å². The van der Waals surface area contributed by atoms with Gasteiger partial charge in [-0.25, -0.2) is 0 Å². The van der Waals surface area contributed by atoms with Gasteiger partial charge < -0.3 is 10.1 Å². The van der Waals surface area contributed by atoms with Crippen molar-refractivity contribution in [3.63, 3.8) is 0 Å². The molecule has 1 rings (SSSR count). The molecule has 1 aliphatic rings. The van der Waals surface area contributed by atoms with Gasteiger partial charge in [-0.2, -0.15) is 0 Å². The highest BCUT2D eigenvalue weighted by Gasteiger charge is 2.19. The molecule has 1 N–H and O–H groups in total. The van der Waals surface area contributed by atoms with Crippen LogP contribution in [0.1, 0.15) is 52.9 Å². The Morgan fingerprint density at radius 2 is 2.12 bits per heavy atom. The molecule has 0 heterocycles. The van der Waals surface area contributed by atoms with E-state index in [-0.39, 0.29) is 0 Å². The van der Waals surface area contributed by atoms with Crippen LogP contribution in [0, 0.1) is 11.8 Å². The molecule has 1 saturated carbocycles. The van der Waals surface area contributed by atoms with Gasteiger partial charge in [0.2, 0.25) is 0 Å². The summed E-state index contributed by atoms with van der Waals surface area (Å²) >= 11 is 0. The minimum Gasteiger partial charge on any atom is -0.380 e. The Hall–Kier alpha value is -0.0800. The lowest BCUT2D eigenvalue weighted by atomic mass is 9.84. The highest BCUT2D eigenvalue weighted by Crippen LogP contribution is 2.26. The van der Waals surface area contributed by atoms with E-state index in [9.17, 15) is 0 Å². The highest BCUT2D eigenvalue weighted by atomic mass is 16.5. The molecular formula is C14H29NO. The molecular weight excluding hydrogens is 198 g/mol. The van der Waals surface area contributed by atoms with E-state index < -0.39 is 0 Å². The predicted molar refractivity (Wildman–Crippen MR) is 69.7 cm³/mol. The summed E-state index contributed by atoms with van der Waals surface area (Å²) in [5.74, 6) is 1.61. The predicted octanol–water partition coefficient (Wildman–Crippen LogP) is 3.22. The van der Waals surface area contributed by atoms with Crippen molar-refractivity contribution in [3.8, 4) is 0 Å². The Morgan fingerprint density at radius 1 is 1.31 bits per heavy atom. The van der Waals surface area contributed by atoms with E-state index in [0.29, 0.717) is 5.92 Å². The molecule has 1 aliphatic carbocycles. The molecule has 2 nitrogen and oxygen atoms in total. The summed E-state index contributed by atoms with van der Waals surface area (Å²) in [4.78, 5) is 0. The zero-order valence-electron chi connectivity index (χ0n) is 11.3. The van der Waals surface area contributed by atoms with Crippen LogP contribution in [0.4, 0.5) is 0 Å². The first-order chi connectivity index (χ1) is 7.72. The first-order valence-corrected chi connectivity index (χ1v) is 7.03. The Bertz CT molecular complexity index is 170. The lowest BCUT2D eigenvalue weighted by Gasteiger charge is -2.29. The fraction of sp³-hybridized carbons (Fsp3) is 1.00. The van der Waals surface area contributed by atoms with Crippen LogP contribution >= 0.6 is 0 Å². The summed E-state index contributed by atoms with van der Waals surface area (Å²) in [5, 5.41) is 3.63. The maximum Gasteiger partial charge on any atom is 0.0591 e. The van der Waals surface area contributed by atoms with Crippen molar-refractivity contribution in [2.75, 3.05) is 19.8 Å². The minimum atomic E-state index is 0.652. The normalized spacial score (nSPS) is 26.2. The Kier molecular flexibility index (Phi) is 7.06. The second-order valence-electron chi connectivity index (χ2n) is 5.56. The second-order valence-corrected chi connectivity index (χ2v) is 5.56. The van der Waals surface area contributed by atoms with E-state index in [1.165, 1.54) is 32.1 Å². The van der Waals surface area contributed by atoms with Crippen LogP contribution in [0.25, 0.3) is 0 Å². The van der Waals surface area contributed by atoms with Gasteiger partial charge in [-0.05, 0) is 24.7 Å². The average molecular weight is 227 g/mol. The van der Waals surface area contributed by atoms with Crippen molar-refractivity contribution >= 4 is 0 Å². The molecule has 1 fully saturated rings. The SMILES string of the molecule is CCC1CCCC(NCCOCC(C)C)C1. The zero-order valence-corrected chi connectivity index (χ0v) is 11.3. The fourth-order valence-electron chi connectivity index (χ4n) is 2.50. The van der Waals surface area contributed by atoms with Gasteiger partial charge in [-0.3, -0.25) is 0 Å². The van der Waals surface area contributed by atoms with Crippen LogP contribution in [-0.4, -0.2) is 25.8 Å². The summed E-state index contributed by atoms with van der Waals surface area (Å²) in [7, 11) is 0. The van der Waals surface area contributed by atoms with Gasteiger partial charge in [-0.15, -0.1) is 0 Å². The number of rotatable bonds is 7. The molecule has 2 heteroatoms. The van der Waals surface area contributed by atoms with Crippen molar-refractivity contribution in [2.24, 2.45) is 11.8 Å². The number of hydrogen-bond acceptors (Lipinski definition) is 2. The molecule has 0 amide bonds. The first kappa shape index (κ1) is 14.0. The van der Waals surface area contributed by atoms with Crippen molar-refractivity contribution in [1.29, 1.82) is 0 Å². The van der Waals surface area contributed by atoms with Crippen LogP contribution in [0.3, 0.4) is 0 Å². The highest BCUT2D eigenvalue weighted by molar-refractivity contribution is 4.77. The molecule has 0 aromatic carbocycles. The molecule has 0 saturated heterocycles. The third-order valence-electron chi connectivity index (χ3n) is 3.49. The summed E-state index contributed by atoms with van der Waals surface area (Å²) in [6, 6.07) is 0.751. The topological polar surface area (TPSA) is 21.3 Å². The molecule has 0 bridgehead atoms. The van der Waals surface area contributed by atoms with Gasteiger partial charge in [0.1, 0.15) is 0 Å². The molecule has 0 aromatic heterocycles. The third kappa shape index (κ3) is 5.86. The number of ether oxygens (including phenoxy) is 1. The molecule has 96 valence electrons. The summed E-state index contributed by atoms with van der Waals surface area (Å²) in [6.45, 7) is 9.49. The maximum atomic E-state index is 5.58. The molecule has 2 atom stereocenters. The second kappa shape index (κ2) is 8.08. The van der Waals surface area contributed by atoms with Gasteiger partial charge in [0.05, 0.1) is 6.61 Å². The van der Waals surface area contributed by atoms with Gasteiger partial charge in [-0.1, -0.05) is 40.0 Å². The lowest BCUT2D eigenvalue weighted by Crippen LogP contribution is -2.36. The maximum absolute atomic E-state index is 5.58. The van der Waals surface area contributed by atoms with Gasteiger partial charge in [0.15, 0.2) is 0 Å². The van der Waals surface area contributed by atoms with Crippen molar-refractivity contribution in [1.82, 2.24) is 5.32 Å². The molecule has 0 aromatic rings. The molecule has 2 unspecified atom stereocenters. The molecule has 0 aliphatic heterocycles. The number of hydrogen-bond donors (Lipinski definition) is 1. The number of nitrogens with one attached hydrogen (secondary N) is 1. The minimum absolute atomic E-state index is 0.652. The molecule has 0 spiro atoms. The summed E-state index contributed by atoms with van der Waals surface area (Å²) in [6.07, 6.45) is 6.94. The monoisotopic (exact) mass is 227 g/mol. The Morgan fingerprint density at radius 3 is 2.81 bits per heavy atom. The van der Waals surface area contributed by atoms with Gasteiger partial charge >= 0.3 is 0 Å².